The normalized spacial score (nSPS) is 16.7. The fraction of sp³-hybridized carbons (Fsp3) is 0.250. The van der Waals surface area contributed by atoms with Gasteiger partial charge in [-0.15, -0.1) is 0 Å². The van der Waals surface area contributed by atoms with E-state index in [2.05, 4.69) is 10.6 Å². The highest BCUT2D eigenvalue weighted by Gasteiger charge is 2.38. The number of rotatable bonds is 4. The number of carbonyl (C=O) groups is 3. The Morgan fingerprint density at radius 1 is 1.11 bits per heavy atom. The number of fused-ring (bicyclic) bond motifs is 2. The molecule has 0 saturated carbocycles. The van der Waals surface area contributed by atoms with Crippen molar-refractivity contribution in [3.05, 3.63) is 53.6 Å². The number of para-hydroxylation sites is 1. The first-order chi connectivity index (χ1) is 13.6. The molecule has 2 N–H and O–H groups in total. The minimum Gasteiger partial charge on any atom is -0.454 e. The van der Waals surface area contributed by atoms with Crippen LogP contribution in [-0.4, -0.2) is 31.1 Å². The van der Waals surface area contributed by atoms with Crippen LogP contribution < -0.4 is 25.0 Å². The number of hydrogen-bond donors (Lipinski definition) is 2. The first-order valence-electron chi connectivity index (χ1n) is 8.96. The van der Waals surface area contributed by atoms with E-state index in [0.29, 0.717) is 23.6 Å². The summed E-state index contributed by atoms with van der Waals surface area (Å²) in [6.07, 6.45) is 0. The largest absolute Gasteiger partial charge is 0.454 e. The molecule has 8 heteroatoms. The lowest BCUT2D eigenvalue weighted by molar-refractivity contribution is -0.140. The molecule has 28 heavy (non-hydrogen) atoms. The lowest BCUT2D eigenvalue weighted by atomic mass is 10.1. The van der Waals surface area contributed by atoms with Gasteiger partial charge in [-0.2, -0.15) is 0 Å². The topological polar surface area (TPSA) is 97.0 Å². The van der Waals surface area contributed by atoms with E-state index in [1.807, 2.05) is 19.1 Å². The maximum Gasteiger partial charge on any atom is 0.310 e. The van der Waals surface area contributed by atoms with Crippen LogP contribution in [0.5, 0.6) is 11.5 Å². The Bertz CT molecular complexity index is 959. The molecule has 3 amide bonds. The molecule has 1 unspecified atom stereocenters. The van der Waals surface area contributed by atoms with Crippen LogP contribution in [0.3, 0.4) is 0 Å². The smallest absolute Gasteiger partial charge is 0.310 e. The van der Waals surface area contributed by atoms with Crippen LogP contribution in [0.25, 0.3) is 0 Å². The van der Waals surface area contributed by atoms with E-state index in [4.69, 9.17) is 9.47 Å². The molecule has 2 aliphatic rings. The van der Waals surface area contributed by atoms with Crippen LogP contribution in [-0.2, 0) is 20.9 Å². The number of hydrogen-bond acceptors (Lipinski definition) is 5. The van der Waals surface area contributed by atoms with E-state index in [0.717, 1.165) is 11.3 Å². The first-order valence-corrected chi connectivity index (χ1v) is 8.96. The second kappa shape index (κ2) is 7.22. The van der Waals surface area contributed by atoms with Gasteiger partial charge in [-0.3, -0.25) is 14.4 Å². The Kier molecular flexibility index (Phi) is 4.60. The van der Waals surface area contributed by atoms with Gasteiger partial charge in [0.05, 0.1) is 0 Å². The Morgan fingerprint density at radius 2 is 1.89 bits per heavy atom. The van der Waals surface area contributed by atoms with E-state index >= 15 is 0 Å². The van der Waals surface area contributed by atoms with Gasteiger partial charge in [0, 0.05) is 24.3 Å². The van der Waals surface area contributed by atoms with Gasteiger partial charge in [-0.05, 0) is 30.7 Å². The molecule has 4 rings (SSSR count). The van der Waals surface area contributed by atoms with Gasteiger partial charge in [0.15, 0.2) is 11.5 Å². The van der Waals surface area contributed by atoms with E-state index in [9.17, 15) is 14.4 Å². The van der Waals surface area contributed by atoms with E-state index < -0.39 is 17.9 Å². The highest BCUT2D eigenvalue weighted by Crippen LogP contribution is 2.35. The van der Waals surface area contributed by atoms with Crippen LogP contribution in [0.2, 0.25) is 0 Å². The van der Waals surface area contributed by atoms with Crippen LogP contribution in [0.15, 0.2) is 42.5 Å². The highest BCUT2D eigenvalue weighted by atomic mass is 16.7. The molecule has 2 heterocycles. The number of ether oxygens (including phenoxy) is 2. The molecule has 0 saturated heterocycles. The zero-order valence-electron chi connectivity index (χ0n) is 15.2. The third-order valence-electron chi connectivity index (χ3n) is 4.74. The minimum absolute atomic E-state index is 0.152. The summed E-state index contributed by atoms with van der Waals surface area (Å²) in [5.74, 6) is -0.666. The van der Waals surface area contributed by atoms with Crippen molar-refractivity contribution in [1.29, 1.82) is 0 Å². The molecule has 2 aromatic carbocycles. The second-order valence-electron chi connectivity index (χ2n) is 6.42. The number of likely N-dealkylation sites (N-methyl/N-ethyl adjacent to an activating group) is 1. The Morgan fingerprint density at radius 3 is 2.71 bits per heavy atom. The summed E-state index contributed by atoms with van der Waals surface area (Å²) < 4.78 is 10.5. The first kappa shape index (κ1) is 17.8. The minimum atomic E-state index is -0.861. The molecule has 0 bridgehead atoms. The molecular formula is C20H19N3O5. The lowest BCUT2D eigenvalue weighted by Gasteiger charge is -2.15. The van der Waals surface area contributed by atoms with Gasteiger partial charge >= 0.3 is 11.8 Å². The Balaban J connectivity index is 1.39. The average Bonchev–Trinajstić information content (AvgIpc) is 3.28. The predicted octanol–water partition coefficient (Wildman–Crippen LogP) is 1.26. The fourth-order valence-electron chi connectivity index (χ4n) is 3.36. The zero-order chi connectivity index (χ0) is 19.7. The van der Waals surface area contributed by atoms with Crippen molar-refractivity contribution >= 4 is 23.4 Å². The molecule has 2 aliphatic heterocycles. The summed E-state index contributed by atoms with van der Waals surface area (Å²) >= 11 is 0. The summed E-state index contributed by atoms with van der Waals surface area (Å²) in [5, 5.41) is 5.10. The van der Waals surface area contributed by atoms with Gasteiger partial charge in [-0.25, -0.2) is 0 Å². The average molecular weight is 381 g/mol. The van der Waals surface area contributed by atoms with E-state index in [1.165, 1.54) is 0 Å². The number of carbonyl (C=O) groups excluding carboxylic acids is 3. The standard InChI is InChI=1S/C20H19N3O5/c1-2-23-14-6-4-3-5-13(14)17(20(23)26)22-19(25)18(24)21-10-12-7-8-15-16(9-12)28-11-27-15/h3-9,17H,2,10-11H2,1H3,(H,21,24)(H,22,25). The number of nitrogens with zero attached hydrogens (tertiary/aromatic N) is 1. The second-order valence-corrected chi connectivity index (χ2v) is 6.42. The lowest BCUT2D eigenvalue weighted by Crippen LogP contribution is -2.44. The monoisotopic (exact) mass is 381 g/mol. The number of amides is 3. The summed E-state index contributed by atoms with van der Waals surface area (Å²) in [6.45, 7) is 2.66. The molecule has 8 nitrogen and oxygen atoms in total. The summed E-state index contributed by atoms with van der Waals surface area (Å²) in [7, 11) is 0. The third kappa shape index (κ3) is 3.13. The molecule has 144 valence electrons. The van der Waals surface area contributed by atoms with Crippen LogP contribution in [0.4, 0.5) is 5.69 Å². The van der Waals surface area contributed by atoms with Gasteiger partial charge in [0.2, 0.25) is 6.79 Å². The number of benzene rings is 2. The van der Waals surface area contributed by atoms with Gasteiger partial charge in [-0.1, -0.05) is 24.3 Å². The van der Waals surface area contributed by atoms with Crippen molar-refractivity contribution in [1.82, 2.24) is 10.6 Å². The molecule has 2 aromatic rings. The highest BCUT2D eigenvalue weighted by molar-refractivity contribution is 6.35. The van der Waals surface area contributed by atoms with Crippen molar-refractivity contribution in [2.24, 2.45) is 0 Å². The zero-order valence-corrected chi connectivity index (χ0v) is 15.2. The molecule has 0 aliphatic carbocycles. The molecule has 0 fully saturated rings. The molecule has 0 radical (unpaired) electrons. The number of anilines is 1. The van der Waals surface area contributed by atoms with Crippen LogP contribution >= 0.6 is 0 Å². The Labute approximate surface area is 161 Å². The maximum atomic E-state index is 12.6. The van der Waals surface area contributed by atoms with Crippen molar-refractivity contribution in [3.63, 3.8) is 0 Å². The van der Waals surface area contributed by atoms with E-state index in [1.54, 1.807) is 35.2 Å². The third-order valence-corrected chi connectivity index (χ3v) is 4.74. The maximum absolute atomic E-state index is 12.6. The van der Waals surface area contributed by atoms with Crippen LogP contribution in [0.1, 0.15) is 24.1 Å². The molecular weight excluding hydrogens is 362 g/mol. The van der Waals surface area contributed by atoms with Crippen LogP contribution in [0, 0.1) is 0 Å². The van der Waals surface area contributed by atoms with Crippen molar-refractivity contribution < 1.29 is 23.9 Å². The van der Waals surface area contributed by atoms with Crippen molar-refractivity contribution in [2.45, 2.75) is 19.5 Å². The Hall–Kier alpha value is -3.55. The number of nitrogens with one attached hydrogen (secondary N) is 2. The SMILES string of the molecule is CCN1C(=O)C(NC(=O)C(=O)NCc2ccc3c(c2)OCO3)c2ccccc21. The molecule has 1 atom stereocenters. The van der Waals surface area contributed by atoms with Crippen molar-refractivity contribution in [2.75, 3.05) is 18.2 Å². The fourth-order valence-corrected chi connectivity index (χ4v) is 3.36. The summed E-state index contributed by atoms with van der Waals surface area (Å²) in [4.78, 5) is 38.7. The van der Waals surface area contributed by atoms with Gasteiger partial charge in [0.25, 0.3) is 5.91 Å². The van der Waals surface area contributed by atoms with Crippen molar-refractivity contribution in [3.8, 4) is 11.5 Å². The molecule has 0 aromatic heterocycles. The summed E-state index contributed by atoms with van der Waals surface area (Å²) in [5.41, 5.74) is 2.21. The quantitative estimate of drug-likeness (QED) is 0.777. The van der Waals surface area contributed by atoms with Gasteiger partial charge in [0.1, 0.15) is 6.04 Å². The predicted molar refractivity (Wildman–Crippen MR) is 99.8 cm³/mol. The van der Waals surface area contributed by atoms with E-state index in [-0.39, 0.29) is 19.2 Å². The summed E-state index contributed by atoms with van der Waals surface area (Å²) in [6, 6.07) is 11.6. The van der Waals surface area contributed by atoms with Gasteiger partial charge < -0.3 is 25.0 Å². The molecule has 0 spiro atoms.